The number of para-hydroxylation sites is 2. The Kier molecular flexibility index (Phi) is 9.37. The number of rotatable bonds is 7. The van der Waals surface area contributed by atoms with Crippen LogP contribution < -0.4 is 4.90 Å². The first-order valence-electron chi connectivity index (χ1n) is 24.4. The number of allylic oxidation sites excluding steroid dienone is 2. The second-order valence-corrected chi connectivity index (χ2v) is 18.7. The monoisotopic (exact) mass is 904 g/mol. The smallest absolute Gasteiger partial charge is 0.0991 e. The van der Waals surface area contributed by atoms with Gasteiger partial charge in [0, 0.05) is 38.6 Å². The van der Waals surface area contributed by atoms with E-state index in [1.54, 1.807) is 0 Å². The van der Waals surface area contributed by atoms with Crippen LogP contribution in [0.4, 0.5) is 11.4 Å². The first-order chi connectivity index (χ1) is 35.2. The van der Waals surface area contributed by atoms with Crippen molar-refractivity contribution in [2.75, 3.05) is 4.90 Å². The highest BCUT2D eigenvalue weighted by molar-refractivity contribution is 6.16. The van der Waals surface area contributed by atoms with Gasteiger partial charge in [-0.15, -0.1) is 0 Å². The first-order valence-corrected chi connectivity index (χ1v) is 24.4. The first kappa shape index (κ1) is 40.6. The van der Waals surface area contributed by atoms with Crippen LogP contribution in [-0.2, 0) is 0 Å². The highest BCUT2D eigenvalue weighted by Gasteiger charge is 2.48. The summed E-state index contributed by atoms with van der Waals surface area (Å²) in [5.41, 5.74) is 19.7. The fourth-order valence-corrected chi connectivity index (χ4v) is 11.7. The fraction of sp³-hybridized carbons (Fsp3) is 0.0299. The van der Waals surface area contributed by atoms with Gasteiger partial charge >= 0.3 is 0 Å². The van der Waals surface area contributed by atoms with Crippen molar-refractivity contribution in [2.45, 2.75) is 12.0 Å². The Hall–Kier alpha value is -9.43. The van der Waals surface area contributed by atoms with E-state index in [-0.39, 0.29) is 12.0 Å². The van der Waals surface area contributed by atoms with Crippen molar-refractivity contribution in [3.63, 3.8) is 0 Å². The number of hydrogen-bond donors (Lipinski definition) is 0. The van der Waals surface area contributed by atoms with Crippen LogP contribution in [0.5, 0.6) is 0 Å². The van der Waals surface area contributed by atoms with Crippen molar-refractivity contribution in [3.8, 4) is 50.6 Å². The maximum absolute atomic E-state index is 11.9. The van der Waals surface area contributed by atoms with Gasteiger partial charge in [-0.25, -0.2) is 0 Å². The molecule has 2 atom stereocenters. The largest absolute Gasteiger partial charge is 0.332 e. The van der Waals surface area contributed by atoms with Crippen LogP contribution in [0.3, 0.4) is 0 Å². The lowest BCUT2D eigenvalue weighted by molar-refractivity contribution is 0.713. The van der Waals surface area contributed by atoms with Crippen LogP contribution >= 0.6 is 0 Å². The summed E-state index contributed by atoms with van der Waals surface area (Å²) in [7, 11) is 0. The molecule has 0 fully saturated rings. The van der Waals surface area contributed by atoms with Crippen LogP contribution in [0, 0.1) is 11.3 Å². The van der Waals surface area contributed by atoms with Crippen LogP contribution in [0.15, 0.2) is 260 Å². The summed E-state index contributed by atoms with van der Waals surface area (Å²) in [5, 5.41) is 16.6. The van der Waals surface area contributed by atoms with Crippen molar-refractivity contribution in [3.05, 3.63) is 266 Å². The van der Waals surface area contributed by atoms with Gasteiger partial charge in [-0.3, -0.25) is 0 Å². The zero-order valence-corrected chi connectivity index (χ0v) is 38.7. The summed E-state index contributed by atoms with van der Waals surface area (Å²) in [6.45, 7) is 0. The van der Waals surface area contributed by atoms with E-state index in [1.165, 1.54) is 38.6 Å². The van der Waals surface area contributed by atoms with Gasteiger partial charge in [0.2, 0.25) is 0 Å². The molecule has 1 aliphatic heterocycles. The van der Waals surface area contributed by atoms with Gasteiger partial charge in [-0.2, -0.15) is 5.26 Å². The molecule has 2 aliphatic rings. The molecule has 0 N–H and O–H groups in total. The molecule has 0 amide bonds. The number of anilines is 2. The molecule has 0 radical (unpaired) electrons. The van der Waals surface area contributed by atoms with E-state index < -0.39 is 0 Å². The third-order valence-electron chi connectivity index (χ3n) is 14.9. The lowest BCUT2D eigenvalue weighted by Gasteiger charge is -2.36. The summed E-state index contributed by atoms with van der Waals surface area (Å²) >= 11 is 0. The molecule has 0 bridgehead atoms. The topological polar surface area (TPSA) is 36.9 Å². The average molecular weight is 905 g/mol. The molecule has 71 heavy (non-hydrogen) atoms. The summed E-state index contributed by atoms with van der Waals surface area (Å²) in [4.78, 5) is 2.43. The quantitative estimate of drug-likeness (QED) is 0.160. The van der Waals surface area contributed by atoms with Crippen LogP contribution in [-0.4, -0.2) is 15.2 Å². The average Bonchev–Trinajstić information content (AvgIpc) is 4.09. The molecule has 4 nitrogen and oxygen atoms in total. The minimum atomic E-state index is -0.367. The van der Waals surface area contributed by atoms with Crippen LogP contribution in [0.1, 0.15) is 11.5 Å². The number of hydrogen-bond acceptors (Lipinski definition) is 2. The molecule has 10 aromatic carbocycles. The highest BCUT2D eigenvalue weighted by Crippen LogP contribution is 2.56. The Morgan fingerprint density at radius 2 is 0.718 bits per heavy atom. The number of aromatic nitrogens is 2. The second kappa shape index (κ2) is 16.4. The van der Waals surface area contributed by atoms with Crippen LogP contribution in [0.2, 0.25) is 0 Å². The third kappa shape index (κ3) is 6.44. The molecule has 0 spiro atoms. The number of nitriles is 1. The molecule has 1 aliphatic carbocycles. The normalized spacial score (nSPS) is 15.3. The lowest BCUT2D eigenvalue weighted by Crippen LogP contribution is -2.36. The predicted molar refractivity (Wildman–Crippen MR) is 295 cm³/mol. The van der Waals surface area contributed by atoms with Gasteiger partial charge < -0.3 is 14.0 Å². The van der Waals surface area contributed by atoms with Gasteiger partial charge in [0.05, 0.1) is 51.4 Å². The van der Waals surface area contributed by atoms with E-state index in [4.69, 9.17) is 0 Å². The summed E-state index contributed by atoms with van der Waals surface area (Å²) in [6.07, 6.45) is 2.36. The number of nitrogens with zero attached hydrogens (tertiary/aromatic N) is 4. The fourth-order valence-electron chi connectivity index (χ4n) is 11.7. The van der Waals surface area contributed by atoms with Gasteiger partial charge in [0.15, 0.2) is 0 Å². The van der Waals surface area contributed by atoms with Crippen molar-refractivity contribution < 1.29 is 0 Å². The van der Waals surface area contributed by atoms with Crippen molar-refractivity contribution >= 4 is 66.4 Å². The Morgan fingerprint density at radius 3 is 1.13 bits per heavy atom. The van der Waals surface area contributed by atoms with Gasteiger partial charge in [-0.05, 0) is 123 Å². The van der Waals surface area contributed by atoms with E-state index >= 15 is 0 Å². The number of benzene rings is 10. The molecular formula is C67H44N4. The predicted octanol–water partition coefficient (Wildman–Crippen LogP) is 17.2. The highest BCUT2D eigenvalue weighted by atomic mass is 15.2. The molecular weight excluding hydrogens is 861 g/mol. The standard InChI is InChI=1S/C67H44N4/c68-43-58-64(70-60-34-30-48(44-18-6-1-7-19-44)38-54(60)55-39-49(31-35-61(55)70)45-20-8-2-9-21-45)42-65(66-53-28-16-17-29-59(53)69(67(58)66)52-26-14-5-15-27-52)71-62-36-32-50(46-22-10-3-11-23-46)40-56(62)57-41-51(33-37-63(57)71)47-24-12-4-13-25-47/h1-42,66-67H. The minimum absolute atomic E-state index is 0.200. The Balaban J connectivity index is 1.10. The van der Waals surface area contributed by atoms with Crippen molar-refractivity contribution in [1.29, 1.82) is 5.26 Å². The SMILES string of the molecule is N#CC1=C(n2c3ccc(-c4ccccc4)cc3c3cc(-c4ccccc4)ccc32)C=C(n2c3ccc(-c4ccccc4)cc3c3cc(-c4ccccc4)ccc32)C2c3ccccc3N(c3ccccc3)C12. The molecule has 12 aromatic rings. The third-order valence-corrected chi connectivity index (χ3v) is 14.9. The molecule has 2 unspecified atom stereocenters. The molecule has 0 saturated carbocycles. The molecule has 332 valence electrons. The van der Waals surface area contributed by atoms with E-state index in [0.29, 0.717) is 0 Å². The molecule has 0 saturated heterocycles. The summed E-state index contributed by atoms with van der Waals surface area (Å²) in [6, 6.07) is 92.1. The Labute approximate surface area is 412 Å². The van der Waals surface area contributed by atoms with Gasteiger partial charge in [0.25, 0.3) is 0 Å². The maximum Gasteiger partial charge on any atom is 0.0991 e. The zero-order valence-electron chi connectivity index (χ0n) is 38.7. The van der Waals surface area contributed by atoms with Gasteiger partial charge in [0.1, 0.15) is 0 Å². The molecule has 2 aromatic heterocycles. The number of fused-ring (bicyclic) bond motifs is 9. The molecule has 4 heteroatoms. The maximum atomic E-state index is 11.9. The van der Waals surface area contributed by atoms with Crippen LogP contribution in [0.25, 0.3) is 99.5 Å². The van der Waals surface area contributed by atoms with Crippen molar-refractivity contribution in [2.24, 2.45) is 0 Å². The summed E-state index contributed by atoms with van der Waals surface area (Å²) in [5.74, 6) is -0.200. The summed E-state index contributed by atoms with van der Waals surface area (Å²) < 4.78 is 4.89. The zero-order chi connectivity index (χ0) is 47.0. The Bertz CT molecular complexity index is 3960. The van der Waals surface area contributed by atoms with E-state index in [2.05, 4.69) is 275 Å². The van der Waals surface area contributed by atoms with E-state index in [1.807, 2.05) is 0 Å². The van der Waals surface area contributed by atoms with E-state index in [0.717, 1.165) is 83.4 Å². The minimum Gasteiger partial charge on any atom is -0.332 e. The Morgan fingerprint density at radius 1 is 0.352 bits per heavy atom. The van der Waals surface area contributed by atoms with Crippen molar-refractivity contribution in [1.82, 2.24) is 9.13 Å². The molecule has 3 heterocycles. The lowest BCUT2D eigenvalue weighted by atomic mass is 9.82. The molecule has 14 rings (SSSR count). The van der Waals surface area contributed by atoms with Gasteiger partial charge in [-0.1, -0.05) is 182 Å². The second-order valence-electron chi connectivity index (χ2n) is 18.7. The van der Waals surface area contributed by atoms with E-state index in [9.17, 15) is 5.26 Å².